The lowest BCUT2D eigenvalue weighted by atomic mass is 10.2. The van der Waals surface area contributed by atoms with Crippen LogP contribution in [0.4, 0.5) is 36.7 Å². The Labute approximate surface area is 148 Å². The van der Waals surface area contributed by atoms with E-state index in [1.807, 2.05) is 4.90 Å². The Hall–Kier alpha value is -2.62. The number of ether oxygens (including phenoxy) is 1. The number of hydrogen-bond acceptors (Lipinski definition) is 7. The van der Waals surface area contributed by atoms with Crippen molar-refractivity contribution in [2.45, 2.75) is 6.18 Å². The fourth-order valence-corrected chi connectivity index (χ4v) is 2.42. The van der Waals surface area contributed by atoms with Crippen LogP contribution in [0.3, 0.4) is 0 Å². The van der Waals surface area contributed by atoms with Gasteiger partial charge in [-0.2, -0.15) is 28.1 Å². The third-order valence-electron chi connectivity index (χ3n) is 3.75. The van der Waals surface area contributed by atoms with Gasteiger partial charge in [0.05, 0.1) is 18.8 Å². The Kier molecular flexibility index (Phi) is 5.12. The van der Waals surface area contributed by atoms with E-state index in [1.165, 1.54) is 12.1 Å². The molecule has 0 radical (unpaired) electrons. The molecule has 0 spiro atoms. The van der Waals surface area contributed by atoms with Gasteiger partial charge in [-0.05, 0) is 18.2 Å². The summed E-state index contributed by atoms with van der Waals surface area (Å²) >= 11 is 0. The van der Waals surface area contributed by atoms with Crippen molar-refractivity contribution in [3.63, 3.8) is 0 Å². The maximum absolute atomic E-state index is 12.9. The van der Waals surface area contributed by atoms with E-state index < -0.39 is 11.7 Å². The lowest BCUT2D eigenvalue weighted by Gasteiger charge is -2.27. The first-order chi connectivity index (χ1) is 12.3. The summed E-state index contributed by atoms with van der Waals surface area (Å²) in [4.78, 5) is 16.7. The number of hydrogen-bond donors (Lipinski definition) is 1. The molecule has 2 heterocycles. The molecule has 140 valence electrons. The smallest absolute Gasteiger partial charge is 0.378 e. The van der Waals surface area contributed by atoms with Crippen LogP contribution < -0.4 is 15.1 Å². The zero-order valence-electron chi connectivity index (χ0n) is 14.4. The summed E-state index contributed by atoms with van der Waals surface area (Å²) in [5, 5.41) is 2.84. The highest BCUT2D eigenvalue weighted by molar-refractivity contribution is 5.57. The van der Waals surface area contributed by atoms with E-state index in [1.54, 1.807) is 19.0 Å². The number of morpholine rings is 1. The summed E-state index contributed by atoms with van der Waals surface area (Å²) in [5.74, 6) is 1.06. The minimum Gasteiger partial charge on any atom is -0.378 e. The van der Waals surface area contributed by atoms with Gasteiger partial charge in [0.1, 0.15) is 0 Å². The van der Waals surface area contributed by atoms with Crippen molar-refractivity contribution < 1.29 is 17.9 Å². The van der Waals surface area contributed by atoms with Crippen LogP contribution in [-0.2, 0) is 10.9 Å². The number of rotatable bonds is 4. The van der Waals surface area contributed by atoms with Crippen molar-refractivity contribution in [1.29, 1.82) is 0 Å². The lowest BCUT2D eigenvalue weighted by Crippen LogP contribution is -2.37. The molecular formula is C16H19F3N6O. The molecule has 1 saturated heterocycles. The quantitative estimate of drug-likeness (QED) is 0.890. The molecule has 10 heteroatoms. The number of alkyl halides is 3. The molecule has 1 aliphatic rings. The van der Waals surface area contributed by atoms with E-state index in [4.69, 9.17) is 4.74 Å². The van der Waals surface area contributed by atoms with Gasteiger partial charge in [0.2, 0.25) is 17.8 Å². The second-order valence-corrected chi connectivity index (χ2v) is 5.96. The Bertz CT molecular complexity index is 762. The molecule has 0 aliphatic carbocycles. The highest BCUT2D eigenvalue weighted by Gasteiger charge is 2.30. The minimum absolute atomic E-state index is 0.185. The normalized spacial score (nSPS) is 15.0. The van der Waals surface area contributed by atoms with Crippen LogP contribution in [0.15, 0.2) is 24.3 Å². The highest BCUT2D eigenvalue weighted by atomic mass is 19.4. The summed E-state index contributed by atoms with van der Waals surface area (Å²) in [6, 6.07) is 4.90. The number of halogens is 3. The summed E-state index contributed by atoms with van der Waals surface area (Å²) in [6.45, 7) is 2.42. The predicted molar refractivity (Wildman–Crippen MR) is 91.9 cm³/mol. The largest absolute Gasteiger partial charge is 0.416 e. The van der Waals surface area contributed by atoms with Gasteiger partial charge in [0.25, 0.3) is 0 Å². The first kappa shape index (κ1) is 18.2. The van der Waals surface area contributed by atoms with Crippen molar-refractivity contribution in [2.24, 2.45) is 0 Å². The van der Waals surface area contributed by atoms with E-state index >= 15 is 0 Å². The standard InChI is InChI=1S/C16H19F3N6O/c1-24(2)14-21-13(22-15(23-14)25-6-8-26-9-7-25)20-12-5-3-4-11(10-12)16(17,18)19/h3-5,10H,6-9H2,1-2H3,(H,20,21,22,23). The summed E-state index contributed by atoms with van der Waals surface area (Å²) in [6.07, 6.45) is -4.41. The molecule has 0 unspecified atom stereocenters. The zero-order valence-corrected chi connectivity index (χ0v) is 14.4. The number of nitrogens with one attached hydrogen (secondary N) is 1. The fraction of sp³-hybridized carbons (Fsp3) is 0.438. The number of anilines is 4. The molecule has 7 nitrogen and oxygen atoms in total. The van der Waals surface area contributed by atoms with Gasteiger partial charge in [0.15, 0.2) is 0 Å². The van der Waals surface area contributed by atoms with Gasteiger partial charge >= 0.3 is 6.18 Å². The Morgan fingerprint density at radius 2 is 1.85 bits per heavy atom. The maximum Gasteiger partial charge on any atom is 0.416 e. The molecule has 1 aromatic carbocycles. The molecule has 2 aromatic rings. The van der Waals surface area contributed by atoms with E-state index in [0.29, 0.717) is 38.2 Å². The number of nitrogens with zero attached hydrogens (tertiary/aromatic N) is 5. The van der Waals surface area contributed by atoms with Crippen LogP contribution in [0.1, 0.15) is 5.56 Å². The van der Waals surface area contributed by atoms with E-state index in [9.17, 15) is 13.2 Å². The Morgan fingerprint density at radius 1 is 1.12 bits per heavy atom. The van der Waals surface area contributed by atoms with Gasteiger partial charge < -0.3 is 19.9 Å². The van der Waals surface area contributed by atoms with Crippen LogP contribution in [0.5, 0.6) is 0 Å². The summed E-state index contributed by atoms with van der Waals surface area (Å²) in [5.41, 5.74) is -0.485. The van der Waals surface area contributed by atoms with Gasteiger partial charge in [-0.1, -0.05) is 6.07 Å². The van der Waals surface area contributed by atoms with Crippen LogP contribution >= 0.6 is 0 Å². The van der Waals surface area contributed by atoms with Gasteiger partial charge in [0, 0.05) is 32.9 Å². The van der Waals surface area contributed by atoms with E-state index in [-0.39, 0.29) is 11.6 Å². The highest BCUT2D eigenvalue weighted by Crippen LogP contribution is 2.31. The SMILES string of the molecule is CN(C)c1nc(Nc2cccc(C(F)(F)F)c2)nc(N2CCOCC2)n1. The molecule has 0 atom stereocenters. The number of aromatic nitrogens is 3. The molecule has 3 rings (SSSR count). The molecule has 1 fully saturated rings. The van der Waals surface area contributed by atoms with Crippen molar-refractivity contribution in [3.8, 4) is 0 Å². The Balaban J connectivity index is 1.90. The van der Waals surface area contributed by atoms with E-state index in [2.05, 4.69) is 20.3 Å². The fourth-order valence-electron chi connectivity index (χ4n) is 2.42. The lowest BCUT2D eigenvalue weighted by molar-refractivity contribution is -0.137. The molecule has 26 heavy (non-hydrogen) atoms. The molecule has 0 saturated carbocycles. The van der Waals surface area contributed by atoms with Crippen LogP contribution in [0.2, 0.25) is 0 Å². The van der Waals surface area contributed by atoms with Crippen LogP contribution in [0.25, 0.3) is 0 Å². The van der Waals surface area contributed by atoms with E-state index in [0.717, 1.165) is 12.1 Å². The third kappa shape index (κ3) is 4.31. The third-order valence-corrected chi connectivity index (χ3v) is 3.75. The van der Waals surface area contributed by atoms with Crippen molar-refractivity contribution in [2.75, 3.05) is 55.5 Å². The second-order valence-electron chi connectivity index (χ2n) is 5.96. The molecule has 0 bridgehead atoms. The van der Waals surface area contributed by atoms with Gasteiger partial charge in [-0.15, -0.1) is 0 Å². The molecule has 1 aromatic heterocycles. The molecular weight excluding hydrogens is 349 g/mol. The molecule has 1 N–H and O–H groups in total. The predicted octanol–water partition coefficient (Wildman–Crippen LogP) is 2.54. The van der Waals surface area contributed by atoms with Crippen molar-refractivity contribution in [1.82, 2.24) is 15.0 Å². The topological polar surface area (TPSA) is 66.4 Å². The average molecular weight is 368 g/mol. The maximum atomic E-state index is 12.9. The number of benzene rings is 1. The first-order valence-corrected chi connectivity index (χ1v) is 8.03. The van der Waals surface area contributed by atoms with Crippen molar-refractivity contribution >= 4 is 23.5 Å². The molecule has 0 amide bonds. The van der Waals surface area contributed by atoms with Crippen LogP contribution in [0, 0.1) is 0 Å². The monoisotopic (exact) mass is 368 g/mol. The van der Waals surface area contributed by atoms with Crippen molar-refractivity contribution in [3.05, 3.63) is 29.8 Å². The Morgan fingerprint density at radius 3 is 2.50 bits per heavy atom. The van der Waals surface area contributed by atoms with Crippen LogP contribution in [-0.4, -0.2) is 55.4 Å². The minimum atomic E-state index is -4.41. The zero-order chi connectivity index (χ0) is 18.7. The van der Waals surface area contributed by atoms with Gasteiger partial charge in [-0.3, -0.25) is 0 Å². The second kappa shape index (κ2) is 7.32. The summed E-state index contributed by atoms with van der Waals surface area (Å²) in [7, 11) is 3.57. The average Bonchev–Trinajstić information content (AvgIpc) is 2.61. The van der Waals surface area contributed by atoms with Gasteiger partial charge in [-0.25, -0.2) is 0 Å². The summed E-state index contributed by atoms with van der Waals surface area (Å²) < 4.78 is 44.0. The molecule has 1 aliphatic heterocycles. The first-order valence-electron chi connectivity index (χ1n) is 8.03.